The Hall–Kier alpha value is 5.31. The molecule has 0 aliphatic rings. The molecular formula is AlCl12TiV-5. The smallest absolute Gasteiger partial charge is 1.00 e. The van der Waals surface area contributed by atoms with Crippen molar-refractivity contribution in [1.82, 2.24) is 0 Å². The van der Waals surface area contributed by atoms with Crippen LogP contribution in [0.5, 0.6) is 0 Å². The van der Waals surface area contributed by atoms with E-state index in [1.807, 2.05) is 0 Å². The summed E-state index contributed by atoms with van der Waals surface area (Å²) in [6.45, 7) is 0. The molecule has 15 heavy (non-hydrogen) atoms. The van der Waals surface area contributed by atoms with Gasteiger partial charge in [-0.1, -0.05) is 0 Å². The second kappa shape index (κ2) is 230. The molecule has 0 saturated carbocycles. The van der Waals surface area contributed by atoms with Gasteiger partial charge in [0.15, 0.2) is 0 Å². The Kier molecular flexibility index (Phi) is 4110. The summed E-state index contributed by atoms with van der Waals surface area (Å²) >= 11 is 0. The topological polar surface area (TPSA) is 0 Å². The molecule has 0 bridgehead atoms. The molecule has 0 heterocycles. The molecular weight excluding hydrogens is 551 g/mol. The maximum atomic E-state index is 0. The second-order valence-electron chi connectivity index (χ2n) is 0. The predicted molar refractivity (Wildman–Crippen MR) is 5.75 cm³/mol. The van der Waals surface area contributed by atoms with E-state index in [1.54, 1.807) is 0 Å². The van der Waals surface area contributed by atoms with Crippen molar-refractivity contribution in [3.8, 4) is 0 Å². The van der Waals surface area contributed by atoms with Gasteiger partial charge in [0.1, 0.15) is 0 Å². The molecule has 15 heteroatoms. The zero-order chi connectivity index (χ0) is 0. The van der Waals surface area contributed by atoms with Gasteiger partial charge in [0.2, 0.25) is 0 Å². The molecule has 1 radical (unpaired) electrons. The van der Waals surface area contributed by atoms with Crippen molar-refractivity contribution in [1.29, 1.82) is 0 Å². The summed E-state index contributed by atoms with van der Waals surface area (Å²) in [4.78, 5) is 0. The first-order valence-corrected chi connectivity index (χ1v) is 0. The molecule has 0 nitrogen and oxygen atoms in total. The molecule has 101 valence electrons. The first kappa shape index (κ1) is 269. The summed E-state index contributed by atoms with van der Waals surface area (Å²) in [7, 11) is 0. The van der Waals surface area contributed by atoms with E-state index in [4.69, 9.17) is 0 Å². The van der Waals surface area contributed by atoms with Gasteiger partial charge in [0.25, 0.3) is 0 Å². The molecule has 0 aromatic carbocycles. The molecule has 0 aromatic heterocycles. The number of rotatable bonds is 0. The van der Waals surface area contributed by atoms with Gasteiger partial charge < -0.3 is 149 Å². The van der Waals surface area contributed by atoms with Crippen molar-refractivity contribution in [2.45, 2.75) is 0 Å². The monoisotopic (exact) mass is 546 g/mol. The van der Waals surface area contributed by atoms with Gasteiger partial charge in [-0.3, -0.25) is 0 Å². The molecule has 0 unspecified atom stereocenters. The Balaban J connectivity index is 0. The minimum absolute atomic E-state index is 0. The number of halogens is 12. The molecule has 0 fully saturated rings. The van der Waals surface area contributed by atoms with Crippen molar-refractivity contribution < 1.29 is 189 Å². The molecule has 0 amide bonds. The fourth-order valence-electron chi connectivity index (χ4n) is 0. The molecule has 0 N–H and O–H groups in total. The average Bonchev–Trinajstić information content (AvgIpc) is 0. The van der Waals surface area contributed by atoms with Crippen LogP contribution in [-0.4, -0.2) is 17.4 Å². The van der Waals surface area contributed by atoms with Gasteiger partial charge in [-0.25, -0.2) is 0 Å². The van der Waals surface area contributed by atoms with E-state index < -0.39 is 0 Å². The van der Waals surface area contributed by atoms with Crippen molar-refractivity contribution in [2.75, 3.05) is 0 Å². The van der Waals surface area contributed by atoms with E-state index in [1.165, 1.54) is 0 Å². The Morgan fingerprint density at radius 1 is 0.267 bits per heavy atom. The third kappa shape index (κ3) is 205. The standard InChI is InChI=1S/Al.12ClH.Ti.V/h;12*1H;;/q+3;;;;;;;;;;;;;+4;/p-12. The van der Waals surface area contributed by atoms with Crippen LogP contribution < -0.4 is 149 Å². The van der Waals surface area contributed by atoms with Gasteiger partial charge in [0.05, 0.1) is 0 Å². The third-order valence-corrected chi connectivity index (χ3v) is 0. The Morgan fingerprint density at radius 2 is 0.267 bits per heavy atom. The number of hydrogen-bond acceptors (Lipinski definition) is 0. The molecule has 0 saturated heterocycles. The van der Waals surface area contributed by atoms with E-state index in [0.29, 0.717) is 0 Å². The predicted octanol–water partition coefficient (Wildman–Crippen LogP) is -36.3. The van der Waals surface area contributed by atoms with E-state index in [-0.39, 0.29) is 207 Å². The molecule has 0 atom stereocenters. The molecule has 0 rings (SSSR count). The van der Waals surface area contributed by atoms with Crippen LogP contribution in [0.2, 0.25) is 0 Å². The Bertz CT molecular complexity index is 15.6. The van der Waals surface area contributed by atoms with Crippen LogP contribution in [0.4, 0.5) is 0 Å². The van der Waals surface area contributed by atoms with E-state index in [0.717, 1.165) is 0 Å². The summed E-state index contributed by atoms with van der Waals surface area (Å²) in [6, 6.07) is 0. The van der Waals surface area contributed by atoms with Crippen molar-refractivity contribution in [3.63, 3.8) is 0 Å². The zero-order valence-electron chi connectivity index (χ0n) is 6.06. The van der Waals surface area contributed by atoms with Crippen molar-refractivity contribution in [3.05, 3.63) is 0 Å². The summed E-state index contributed by atoms with van der Waals surface area (Å²) in [5.74, 6) is 0. The minimum Gasteiger partial charge on any atom is -1.00 e. The van der Waals surface area contributed by atoms with Crippen molar-refractivity contribution in [2.24, 2.45) is 0 Å². The number of hydrogen-bond donors (Lipinski definition) is 0. The van der Waals surface area contributed by atoms with Gasteiger partial charge in [-0.2, -0.15) is 0 Å². The van der Waals surface area contributed by atoms with Crippen LogP contribution in [0, 0.1) is 0 Å². The van der Waals surface area contributed by atoms with Gasteiger partial charge in [-0.05, 0) is 0 Å². The fourth-order valence-corrected chi connectivity index (χ4v) is 0. The first-order valence-electron chi connectivity index (χ1n) is 0. The average molecular weight is 551 g/mol. The van der Waals surface area contributed by atoms with Gasteiger partial charge in [0, 0.05) is 18.6 Å². The van der Waals surface area contributed by atoms with E-state index in [2.05, 4.69) is 0 Å². The Morgan fingerprint density at radius 3 is 0.267 bits per heavy atom. The fraction of sp³-hybridized carbons (Fsp3) is 0. The van der Waals surface area contributed by atoms with Crippen LogP contribution in [-0.2, 0) is 40.3 Å². The summed E-state index contributed by atoms with van der Waals surface area (Å²) in [5, 5.41) is 0. The SMILES string of the molecule is [Al+3].[Cl-].[Cl-].[Cl-].[Cl-].[Cl-].[Cl-].[Cl-].[Cl-].[Cl-].[Cl-].[Cl-].[Cl-].[Ti+4].[V]. The summed E-state index contributed by atoms with van der Waals surface area (Å²) in [6.07, 6.45) is 0. The maximum Gasteiger partial charge on any atom is 4.00 e. The van der Waals surface area contributed by atoms with Gasteiger partial charge in [-0.15, -0.1) is 0 Å². The van der Waals surface area contributed by atoms with Crippen LogP contribution in [0.3, 0.4) is 0 Å². The quantitative estimate of drug-likeness (QED) is 0.263. The van der Waals surface area contributed by atoms with Crippen LogP contribution in [0.25, 0.3) is 0 Å². The first-order chi connectivity index (χ1) is 0. The van der Waals surface area contributed by atoms with Crippen molar-refractivity contribution >= 4 is 17.4 Å². The molecule has 0 aliphatic heterocycles. The van der Waals surface area contributed by atoms with Crippen LogP contribution in [0.1, 0.15) is 0 Å². The Labute approximate surface area is 203 Å². The molecule has 0 spiro atoms. The summed E-state index contributed by atoms with van der Waals surface area (Å²) < 4.78 is 0. The second-order valence-corrected chi connectivity index (χ2v) is 0. The van der Waals surface area contributed by atoms with E-state index >= 15 is 0 Å². The maximum absolute atomic E-state index is 0. The molecule has 0 aliphatic carbocycles. The van der Waals surface area contributed by atoms with E-state index in [9.17, 15) is 0 Å². The molecule has 0 aromatic rings. The largest absolute Gasteiger partial charge is 4.00 e. The van der Waals surface area contributed by atoms with Crippen LogP contribution >= 0.6 is 0 Å². The normalized spacial score (nSPS) is 0. The van der Waals surface area contributed by atoms with Gasteiger partial charge >= 0.3 is 39.1 Å². The summed E-state index contributed by atoms with van der Waals surface area (Å²) in [5.41, 5.74) is 0. The zero-order valence-corrected chi connectivity index (χ0v) is 19.2. The van der Waals surface area contributed by atoms with Crippen LogP contribution in [0.15, 0.2) is 0 Å². The minimum atomic E-state index is 0. The third-order valence-electron chi connectivity index (χ3n) is 0.